The molecule has 30 heavy (non-hydrogen) atoms. The molecule has 0 saturated carbocycles. The molecular weight excluding hydrogens is 380 g/mol. The minimum atomic E-state index is -0.185. The van der Waals surface area contributed by atoms with Gasteiger partial charge in [-0.2, -0.15) is 0 Å². The van der Waals surface area contributed by atoms with Crippen LogP contribution in [0.1, 0.15) is 28.5 Å². The second-order valence-electron chi connectivity index (χ2n) is 6.45. The number of guanidine groups is 1. The van der Waals surface area contributed by atoms with Crippen molar-refractivity contribution in [3.05, 3.63) is 77.6 Å². The fourth-order valence-electron chi connectivity index (χ4n) is 2.68. The first-order valence-corrected chi connectivity index (χ1v) is 9.12. The molecule has 9 heteroatoms. The molecule has 2 aromatic carbocycles. The summed E-state index contributed by atoms with van der Waals surface area (Å²) < 4.78 is 0. The Morgan fingerprint density at radius 2 is 1.83 bits per heavy atom. The number of aromatic nitrogens is 2. The summed E-state index contributed by atoms with van der Waals surface area (Å²) in [5, 5.41) is 10.4. The lowest BCUT2D eigenvalue weighted by Gasteiger charge is -2.09. The van der Waals surface area contributed by atoms with Gasteiger partial charge in [0.2, 0.25) is 5.96 Å². The van der Waals surface area contributed by atoms with Crippen LogP contribution < -0.4 is 22.5 Å². The Bertz CT molecular complexity index is 1100. The number of nitrogens with zero attached hydrogens (tertiary/aromatic N) is 4. The van der Waals surface area contributed by atoms with Gasteiger partial charge in [0.1, 0.15) is 5.69 Å². The third-order valence-corrected chi connectivity index (χ3v) is 4.18. The first-order chi connectivity index (χ1) is 14.4. The van der Waals surface area contributed by atoms with Crippen molar-refractivity contribution in [2.24, 2.45) is 21.7 Å². The molecule has 7 N–H and O–H groups in total. The Kier molecular flexibility index (Phi) is 6.33. The van der Waals surface area contributed by atoms with Gasteiger partial charge in [-0.05, 0) is 24.6 Å². The van der Waals surface area contributed by atoms with Gasteiger partial charge in [0, 0.05) is 17.7 Å². The molecule has 1 aromatic heterocycles. The quantitative estimate of drug-likeness (QED) is 0.279. The Labute approximate surface area is 173 Å². The van der Waals surface area contributed by atoms with Crippen LogP contribution in [0, 0.1) is 0 Å². The van der Waals surface area contributed by atoms with Crippen LogP contribution in [0.5, 0.6) is 0 Å². The maximum atomic E-state index is 12.6. The molecule has 0 unspecified atom stereocenters. The molecule has 3 aromatic rings. The summed E-state index contributed by atoms with van der Waals surface area (Å²) in [7, 11) is 0. The SMILES string of the molecule is CC(=NN=C(N)N)c1nc(-c2cccc(C(=O)NCc3ccccc3)c2)cnc1N. The zero-order valence-corrected chi connectivity index (χ0v) is 16.4. The summed E-state index contributed by atoms with van der Waals surface area (Å²) >= 11 is 0. The molecule has 1 amide bonds. The van der Waals surface area contributed by atoms with E-state index >= 15 is 0 Å². The van der Waals surface area contributed by atoms with E-state index in [1.807, 2.05) is 36.4 Å². The number of carbonyl (C=O) groups is 1. The van der Waals surface area contributed by atoms with Crippen molar-refractivity contribution in [3.8, 4) is 11.3 Å². The van der Waals surface area contributed by atoms with Crippen LogP contribution in [0.4, 0.5) is 5.82 Å². The van der Waals surface area contributed by atoms with Gasteiger partial charge < -0.3 is 22.5 Å². The van der Waals surface area contributed by atoms with Crippen LogP contribution >= 0.6 is 0 Å². The number of amides is 1. The first kappa shape index (κ1) is 20.5. The molecule has 0 aliphatic carbocycles. The smallest absolute Gasteiger partial charge is 0.251 e. The summed E-state index contributed by atoms with van der Waals surface area (Å²) in [6.07, 6.45) is 1.54. The molecule has 0 spiro atoms. The van der Waals surface area contributed by atoms with Crippen molar-refractivity contribution in [1.82, 2.24) is 15.3 Å². The second kappa shape index (κ2) is 9.28. The molecule has 152 valence electrons. The first-order valence-electron chi connectivity index (χ1n) is 9.12. The zero-order chi connectivity index (χ0) is 21.5. The van der Waals surface area contributed by atoms with Crippen LogP contribution in [0.15, 0.2) is 71.0 Å². The second-order valence-corrected chi connectivity index (χ2v) is 6.45. The Hall–Kier alpha value is -4.27. The average molecular weight is 402 g/mol. The minimum Gasteiger partial charge on any atom is -0.382 e. The fourth-order valence-corrected chi connectivity index (χ4v) is 2.68. The van der Waals surface area contributed by atoms with Crippen LogP contribution in [0.25, 0.3) is 11.3 Å². The molecule has 0 aliphatic rings. The van der Waals surface area contributed by atoms with E-state index in [2.05, 4.69) is 25.5 Å². The van der Waals surface area contributed by atoms with E-state index in [1.54, 1.807) is 25.1 Å². The molecule has 0 aliphatic heterocycles. The topological polar surface area (TPSA) is 158 Å². The molecule has 9 nitrogen and oxygen atoms in total. The monoisotopic (exact) mass is 402 g/mol. The number of nitrogens with one attached hydrogen (secondary N) is 1. The van der Waals surface area contributed by atoms with Gasteiger partial charge in [0.25, 0.3) is 5.91 Å². The lowest BCUT2D eigenvalue weighted by molar-refractivity contribution is 0.0951. The molecular formula is C21H22N8O. The van der Waals surface area contributed by atoms with Crippen LogP contribution in [0.2, 0.25) is 0 Å². The van der Waals surface area contributed by atoms with Gasteiger partial charge in [-0.25, -0.2) is 9.97 Å². The number of carbonyl (C=O) groups excluding carboxylic acids is 1. The lowest BCUT2D eigenvalue weighted by atomic mass is 10.1. The van der Waals surface area contributed by atoms with Gasteiger partial charge in [-0.3, -0.25) is 4.79 Å². The van der Waals surface area contributed by atoms with Crippen LogP contribution in [-0.2, 0) is 6.54 Å². The van der Waals surface area contributed by atoms with E-state index in [-0.39, 0.29) is 17.7 Å². The zero-order valence-electron chi connectivity index (χ0n) is 16.4. The summed E-state index contributed by atoms with van der Waals surface area (Å²) in [4.78, 5) is 21.2. The van der Waals surface area contributed by atoms with Crippen LogP contribution in [-0.4, -0.2) is 27.5 Å². The van der Waals surface area contributed by atoms with E-state index < -0.39 is 0 Å². The summed E-state index contributed by atoms with van der Waals surface area (Å²) in [6, 6.07) is 16.8. The van der Waals surface area contributed by atoms with E-state index in [9.17, 15) is 4.79 Å². The number of hydrogen-bond acceptors (Lipinski definition) is 6. The van der Waals surface area contributed by atoms with E-state index in [0.717, 1.165) is 5.56 Å². The lowest BCUT2D eigenvalue weighted by Crippen LogP contribution is -2.22. The highest BCUT2D eigenvalue weighted by molar-refractivity contribution is 6.01. The normalized spacial score (nSPS) is 11.0. The predicted octanol–water partition coefficient (Wildman–Crippen LogP) is 1.65. The number of benzene rings is 2. The van der Waals surface area contributed by atoms with Crippen molar-refractivity contribution in [2.75, 3.05) is 5.73 Å². The highest BCUT2D eigenvalue weighted by Crippen LogP contribution is 2.20. The van der Waals surface area contributed by atoms with Gasteiger partial charge in [0.15, 0.2) is 5.82 Å². The number of anilines is 1. The highest BCUT2D eigenvalue weighted by Gasteiger charge is 2.12. The van der Waals surface area contributed by atoms with E-state index in [4.69, 9.17) is 17.2 Å². The summed E-state index contributed by atoms with van der Waals surface area (Å²) in [5.74, 6) is -0.163. The van der Waals surface area contributed by atoms with Crippen molar-refractivity contribution in [3.63, 3.8) is 0 Å². The number of nitrogens with two attached hydrogens (primary N) is 3. The molecule has 3 rings (SSSR count). The molecule has 1 heterocycles. The van der Waals surface area contributed by atoms with Crippen LogP contribution in [0.3, 0.4) is 0 Å². The van der Waals surface area contributed by atoms with Gasteiger partial charge in [-0.1, -0.05) is 42.5 Å². The number of nitrogen functional groups attached to an aromatic ring is 1. The van der Waals surface area contributed by atoms with Gasteiger partial charge in [-0.15, -0.1) is 10.2 Å². The van der Waals surface area contributed by atoms with Gasteiger partial charge in [0.05, 0.1) is 17.6 Å². The van der Waals surface area contributed by atoms with Gasteiger partial charge >= 0.3 is 0 Å². The molecule has 0 bridgehead atoms. The van der Waals surface area contributed by atoms with Crippen molar-refractivity contribution in [2.45, 2.75) is 13.5 Å². The van der Waals surface area contributed by atoms with Crippen molar-refractivity contribution in [1.29, 1.82) is 0 Å². The third kappa shape index (κ3) is 5.16. The average Bonchev–Trinajstić information content (AvgIpc) is 2.77. The third-order valence-electron chi connectivity index (χ3n) is 4.18. The molecule has 0 atom stereocenters. The molecule has 0 saturated heterocycles. The predicted molar refractivity (Wildman–Crippen MR) is 118 cm³/mol. The fraction of sp³-hybridized carbons (Fsp3) is 0.0952. The maximum absolute atomic E-state index is 12.6. The van der Waals surface area contributed by atoms with E-state index in [1.165, 1.54) is 6.20 Å². The number of rotatable bonds is 6. The van der Waals surface area contributed by atoms with Crippen molar-refractivity contribution >= 4 is 23.4 Å². The maximum Gasteiger partial charge on any atom is 0.251 e. The Balaban J connectivity index is 1.83. The molecule has 0 radical (unpaired) electrons. The highest BCUT2D eigenvalue weighted by atomic mass is 16.1. The molecule has 0 fully saturated rings. The Morgan fingerprint density at radius 1 is 1.07 bits per heavy atom. The standard InChI is InChI=1S/C21H22N8O/c1-13(28-29-21(23)24)18-19(22)25-12-17(27-18)15-8-5-9-16(10-15)20(30)26-11-14-6-3-2-4-7-14/h2-10,12H,11H2,1H3,(H2,22,25)(H,26,30)(H4,23,24,29). The summed E-state index contributed by atoms with van der Waals surface area (Å²) in [6.45, 7) is 2.11. The number of hydrogen-bond donors (Lipinski definition) is 4. The van der Waals surface area contributed by atoms with Crippen molar-refractivity contribution < 1.29 is 4.79 Å². The largest absolute Gasteiger partial charge is 0.382 e. The summed E-state index contributed by atoms with van der Waals surface area (Å²) in [5.41, 5.74) is 20.1. The minimum absolute atomic E-state index is 0.175. The Morgan fingerprint density at radius 3 is 2.57 bits per heavy atom. The van der Waals surface area contributed by atoms with E-state index in [0.29, 0.717) is 34.8 Å².